The number of nitrogens with one attached hydrogen (secondary N) is 2. The maximum absolute atomic E-state index is 12.6. The fourth-order valence-corrected chi connectivity index (χ4v) is 4.69. The molecular formula is C27H37N5O. The van der Waals surface area contributed by atoms with Crippen LogP contribution in [0.1, 0.15) is 33.1 Å². The monoisotopic (exact) mass is 447 g/mol. The van der Waals surface area contributed by atoms with E-state index in [4.69, 9.17) is 0 Å². The molecule has 1 aliphatic heterocycles. The average molecular weight is 448 g/mol. The number of urea groups is 1. The van der Waals surface area contributed by atoms with Gasteiger partial charge < -0.3 is 25.0 Å². The molecule has 6 heteroatoms. The second kappa shape index (κ2) is 10.3. The Bertz CT molecular complexity index is 1070. The van der Waals surface area contributed by atoms with Gasteiger partial charge in [-0.05, 0) is 88.3 Å². The van der Waals surface area contributed by atoms with Crippen LogP contribution in [0.2, 0.25) is 0 Å². The van der Waals surface area contributed by atoms with Crippen molar-refractivity contribution in [2.75, 3.05) is 42.7 Å². The fourth-order valence-electron chi connectivity index (χ4n) is 4.69. The number of aromatic nitrogens is 1. The first kappa shape index (κ1) is 23.2. The zero-order chi connectivity index (χ0) is 23.4. The van der Waals surface area contributed by atoms with Gasteiger partial charge in [0.1, 0.15) is 0 Å². The van der Waals surface area contributed by atoms with Crippen molar-refractivity contribution in [1.29, 1.82) is 0 Å². The molecule has 2 N–H and O–H groups in total. The topological polar surface area (TPSA) is 52.5 Å². The zero-order valence-corrected chi connectivity index (χ0v) is 20.3. The van der Waals surface area contributed by atoms with Crippen molar-refractivity contribution in [3.8, 4) is 0 Å². The lowest BCUT2D eigenvalue weighted by atomic mass is 9.91. The second-order valence-electron chi connectivity index (χ2n) is 9.57. The first-order valence-corrected chi connectivity index (χ1v) is 12.1. The summed E-state index contributed by atoms with van der Waals surface area (Å²) in [5.41, 5.74) is 3.99. The molecule has 2 unspecified atom stereocenters. The summed E-state index contributed by atoms with van der Waals surface area (Å²) in [6.45, 7) is 7.63. The molecule has 2 heterocycles. The minimum absolute atomic E-state index is 0.230. The predicted molar refractivity (Wildman–Crippen MR) is 139 cm³/mol. The molecule has 0 bridgehead atoms. The van der Waals surface area contributed by atoms with Gasteiger partial charge in [0.25, 0.3) is 0 Å². The summed E-state index contributed by atoms with van der Waals surface area (Å²) in [6, 6.07) is 16.7. The van der Waals surface area contributed by atoms with Gasteiger partial charge in [0.2, 0.25) is 0 Å². The maximum Gasteiger partial charge on any atom is 0.323 e. The fraction of sp³-hybridized carbons (Fsp3) is 0.444. The van der Waals surface area contributed by atoms with Crippen molar-refractivity contribution in [3.63, 3.8) is 0 Å². The number of carbonyl (C=O) groups is 1. The third-order valence-electron chi connectivity index (χ3n) is 6.83. The van der Waals surface area contributed by atoms with Gasteiger partial charge in [-0.2, -0.15) is 0 Å². The molecule has 2 aromatic carbocycles. The SMILES string of the molecule is CCC1CCC(C)N(c2ccc(NC(=O)Nc3ccc4c(ccn4CCN(C)C)c3)cc2)C1. The third kappa shape index (κ3) is 5.69. The highest BCUT2D eigenvalue weighted by Crippen LogP contribution is 2.30. The van der Waals surface area contributed by atoms with E-state index in [0.29, 0.717) is 6.04 Å². The number of benzene rings is 2. The molecule has 4 rings (SSSR count). The van der Waals surface area contributed by atoms with Crippen molar-refractivity contribution in [2.24, 2.45) is 5.92 Å². The molecular weight excluding hydrogens is 410 g/mol. The molecule has 1 aliphatic rings. The van der Waals surface area contributed by atoms with Gasteiger partial charge in [0.15, 0.2) is 0 Å². The number of piperidine rings is 1. The van der Waals surface area contributed by atoms with Gasteiger partial charge in [-0.3, -0.25) is 0 Å². The summed E-state index contributed by atoms with van der Waals surface area (Å²) < 4.78 is 2.24. The van der Waals surface area contributed by atoms with Gasteiger partial charge in [-0.25, -0.2) is 4.79 Å². The predicted octanol–water partition coefficient (Wildman–Crippen LogP) is 5.86. The van der Waals surface area contributed by atoms with Crippen LogP contribution in [-0.2, 0) is 6.54 Å². The Hall–Kier alpha value is -2.99. The van der Waals surface area contributed by atoms with Crippen LogP contribution in [0, 0.1) is 5.92 Å². The Labute approximate surface area is 197 Å². The standard InChI is InChI=1S/C27H37N5O/c1-5-21-7-6-20(2)32(19-21)25-11-8-23(9-12-25)28-27(33)29-24-10-13-26-22(18-24)14-15-31(26)17-16-30(3)4/h8-15,18,20-21H,5-7,16-17,19H2,1-4H3,(H2,28,29,33). The Morgan fingerprint density at radius 3 is 2.48 bits per heavy atom. The summed E-state index contributed by atoms with van der Waals surface area (Å²) in [5.74, 6) is 0.770. The lowest BCUT2D eigenvalue weighted by Gasteiger charge is -2.39. The third-order valence-corrected chi connectivity index (χ3v) is 6.83. The number of fused-ring (bicyclic) bond motifs is 1. The smallest absolute Gasteiger partial charge is 0.323 e. The maximum atomic E-state index is 12.6. The second-order valence-corrected chi connectivity index (χ2v) is 9.57. The summed E-state index contributed by atoms with van der Waals surface area (Å²) in [6.07, 6.45) is 5.89. The highest BCUT2D eigenvalue weighted by Gasteiger charge is 2.24. The molecule has 2 atom stereocenters. The van der Waals surface area contributed by atoms with E-state index in [1.165, 1.54) is 30.5 Å². The zero-order valence-electron chi connectivity index (χ0n) is 20.3. The molecule has 2 amide bonds. The molecule has 0 radical (unpaired) electrons. The Balaban J connectivity index is 1.36. The van der Waals surface area contributed by atoms with Crippen LogP contribution < -0.4 is 15.5 Å². The lowest BCUT2D eigenvalue weighted by molar-refractivity contribution is 0.262. The molecule has 1 aromatic heterocycles. The minimum atomic E-state index is -0.230. The normalized spacial score (nSPS) is 18.6. The average Bonchev–Trinajstić information content (AvgIpc) is 3.21. The number of carbonyl (C=O) groups excluding carboxylic acids is 1. The number of rotatable bonds is 7. The molecule has 0 saturated carbocycles. The highest BCUT2D eigenvalue weighted by molar-refractivity contribution is 6.01. The Kier molecular flexibility index (Phi) is 7.23. The van der Waals surface area contributed by atoms with E-state index in [0.717, 1.165) is 42.3 Å². The molecule has 6 nitrogen and oxygen atoms in total. The number of amides is 2. The van der Waals surface area contributed by atoms with Crippen molar-refractivity contribution in [1.82, 2.24) is 9.47 Å². The summed E-state index contributed by atoms with van der Waals surface area (Å²) in [5, 5.41) is 7.04. The van der Waals surface area contributed by atoms with Crippen LogP contribution in [0.3, 0.4) is 0 Å². The van der Waals surface area contributed by atoms with Crippen LogP contribution in [-0.4, -0.2) is 48.7 Å². The van der Waals surface area contributed by atoms with Crippen molar-refractivity contribution in [2.45, 2.75) is 45.7 Å². The number of hydrogen-bond acceptors (Lipinski definition) is 3. The lowest BCUT2D eigenvalue weighted by Crippen LogP contribution is -2.41. The van der Waals surface area contributed by atoms with Crippen molar-refractivity contribution in [3.05, 3.63) is 54.7 Å². The van der Waals surface area contributed by atoms with Gasteiger partial charge >= 0.3 is 6.03 Å². The quantitative estimate of drug-likeness (QED) is 0.477. The number of anilines is 3. The molecule has 176 valence electrons. The van der Waals surface area contributed by atoms with Crippen LogP contribution in [0.4, 0.5) is 21.9 Å². The summed E-state index contributed by atoms with van der Waals surface area (Å²) in [4.78, 5) is 17.3. The van der Waals surface area contributed by atoms with Crippen LogP contribution in [0.5, 0.6) is 0 Å². The van der Waals surface area contributed by atoms with E-state index in [1.54, 1.807) is 0 Å². The summed E-state index contributed by atoms with van der Waals surface area (Å²) >= 11 is 0. The number of nitrogens with zero attached hydrogens (tertiary/aromatic N) is 3. The molecule has 1 saturated heterocycles. The van der Waals surface area contributed by atoms with Crippen molar-refractivity contribution < 1.29 is 4.79 Å². The van der Waals surface area contributed by atoms with Crippen LogP contribution in [0.15, 0.2) is 54.7 Å². The molecule has 33 heavy (non-hydrogen) atoms. The van der Waals surface area contributed by atoms with E-state index in [9.17, 15) is 4.79 Å². The number of likely N-dealkylation sites (N-methyl/N-ethyl adjacent to an activating group) is 1. The van der Waals surface area contributed by atoms with E-state index in [2.05, 4.69) is 83.4 Å². The molecule has 0 spiro atoms. The molecule has 0 aliphatic carbocycles. The van der Waals surface area contributed by atoms with E-state index < -0.39 is 0 Å². The van der Waals surface area contributed by atoms with E-state index in [1.807, 2.05) is 24.3 Å². The molecule has 3 aromatic rings. The van der Waals surface area contributed by atoms with Gasteiger partial charge in [-0.15, -0.1) is 0 Å². The highest BCUT2D eigenvalue weighted by atomic mass is 16.2. The molecule has 1 fully saturated rings. The van der Waals surface area contributed by atoms with Crippen LogP contribution >= 0.6 is 0 Å². The first-order valence-electron chi connectivity index (χ1n) is 12.1. The minimum Gasteiger partial charge on any atom is -0.369 e. The summed E-state index contributed by atoms with van der Waals surface area (Å²) in [7, 11) is 4.16. The van der Waals surface area contributed by atoms with Gasteiger partial charge in [-0.1, -0.05) is 13.3 Å². The van der Waals surface area contributed by atoms with E-state index >= 15 is 0 Å². The van der Waals surface area contributed by atoms with Crippen LogP contribution in [0.25, 0.3) is 10.9 Å². The number of hydrogen-bond donors (Lipinski definition) is 2. The Morgan fingerprint density at radius 1 is 1.03 bits per heavy atom. The van der Waals surface area contributed by atoms with Gasteiger partial charge in [0.05, 0.1) is 0 Å². The Morgan fingerprint density at radius 2 is 1.76 bits per heavy atom. The first-order chi connectivity index (χ1) is 15.9. The largest absolute Gasteiger partial charge is 0.369 e. The van der Waals surface area contributed by atoms with Gasteiger partial charge in [0, 0.05) is 59.8 Å². The van der Waals surface area contributed by atoms with E-state index in [-0.39, 0.29) is 6.03 Å². The van der Waals surface area contributed by atoms with Crippen molar-refractivity contribution >= 4 is 34.0 Å².